The summed E-state index contributed by atoms with van der Waals surface area (Å²) in [6, 6.07) is 0.717. The highest BCUT2D eigenvalue weighted by atomic mass is 19.2. The molecule has 23 heavy (non-hydrogen) atoms. The van der Waals surface area contributed by atoms with Crippen molar-refractivity contribution in [3.63, 3.8) is 0 Å². The maximum Gasteiger partial charge on any atom is 0.341 e. The molecule has 0 amide bonds. The molecule has 0 radical (unpaired) electrons. The number of ether oxygens (including phenoxy) is 1. The zero-order chi connectivity index (χ0) is 17.5. The molecule has 0 aliphatic carbocycles. The Morgan fingerprint density at radius 2 is 1.39 bits per heavy atom. The van der Waals surface area contributed by atoms with Crippen LogP contribution in [0.15, 0.2) is 12.1 Å². The van der Waals surface area contributed by atoms with Gasteiger partial charge in [-0.2, -0.15) is 0 Å². The van der Waals surface area contributed by atoms with Gasteiger partial charge in [-0.3, -0.25) is 0 Å². The van der Waals surface area contributed by atoms with Crippen LogP contribution in [0.5, 0.6) is 5.75 Å². The predicted octanol–water partition coefficient (Wildman–Crippen LogP) is 3.68. The quantitative estimate of drug-likeness (QED) is 0.394. The molecule has 0 fully saturated rings. The van der Waals surface area contributed by atoms with Crippen molar-refractivity contribution >= 4 is 5.97 Å². The Balaban J connectivity index is 2.85. The average Bonchev–Trinajstić information content (AvgIpc) is 2.52. The van der Waals surface area contributed by atoms with Gasteiger partial charge in [-0.1, -0.05) is 0 Å². The van der Waals surface area contributed by atoms with Crippen LogP contribution in [-0.2, 0) is 4.74 Å². The first-order valence-electron chi connectivity index (χ1n) is 5.83. The predicted molar refractivity (Wildman–Crippen MR) is 64.6 cm³/mol. The fraction of sp³-hybridized carbons (Fsp3) is 0.0714. The van der Waals surface area contributed by atoms with E-state index in [1.807, 2.05) is 0 Å². The van der Waals surface area contributed by atoms with Crippen LogP contribution in [-0.4, -0.2) is 18.2 Å². The minimum Gasteiger partial charge on any atom is -0.507 e. The molecule has 2 aromatic carbocycles. The molecule has 0 aromatic heterocycles. The third-order valence-electron chi connectivity index (χ3n) is 2.97. The normalized spacial score (nSPS) is 10.7. The topological polar surface area (TPSA) is 46.5 Å². The van der Waals surface area contributed by atoms with Crippen molar-refractivity contribution in [1.82, 2.24) is 0 Å². The fourth-order valence-corrected chi connectivity index (χ4v) is 1.87. The van der Waals surface area contributed by atoms with Crippen LogP contribution < -0.4 is 0 Å². The van der Waals surface area contributed by atoms with Crippen molar-refractivity contribution in [2.45, 2.75) is 0 Å². The maximum atomic E-state index is 13.8. The van der Waals surface area contributed by atoms with Gasteiger partial charge in [0.05, 0.1) is 12.7 Å². The Morgan fingerprint density at radius 1 is 0.913 bits per heavy atom. The molecule has 3 nitrogen and oxygen atoms in total. The van der Waals surface area contributed by atoms with E-state index in [4.69, 9.17) is 0 Å². The van der Waals surface area contributed by atoms with Gasteiger partial charge < -0.3 is 9.84 Å². The van der Waals surface area contributed by atoms with E-state index in [0.717, 1.165) is 7.11 Å². The third-order valence-corrected chi connectivity index (χ3v) is 2.97. The minimum absolute atomic E-state index is 0.291. The summed E-state index contributed by atoms with van der Waals surface area (Å²) in [5, 5.41) is 9.42. The van der Waals surface area contributed by atoms with Gasteiger partial charge in [0.1, 0.15) is 17.1 Å². The Kier molecular flexibility index (Phi) is 4.22. The summed E-state index contributed by atoms with van der Waals surface area (Å²) >= 11 is 0. The van der Waals surface area contributed by atoms with Gasteiger partial charge in [-0.05, 0) is 6.07 Å². The number of aromatic hydroxyl groups is 1. The number of halogens is 6. The Morgan fingerprint density at radius 3 is 1.87 bits per heavy atom. The van der Waals surface area contributed by atoms with E-state index in [9.17, 15) is 36.2 Å². The lowest BCUT2D eigenvalue weighted by Gasteiger charge is -2.11. The van der Waals surface area contributed by atoms with Crippen LogP contribution >= 0.6 is 0 Å². The summed E-state index contributed by atoms with van der Waals surface area (Å²) in [5.74, 6) is -15.1. The second-order valence-corrected chi connectivity index (χ2v) is 4.29. The molecule has 2 aromatic rings. The van der Waals surface area contributed by atoms with Crippen LogP contribution in [0.1, 0.15) is 10.4 Å². The molecular formula is C14H6F6O3. The number of carbonyl (C=O) groups is 1. The van der Waals surface area contributed by atoms with Gasteiger partial charge in [-0.25, -0.2) is 31.1 Å². The molecule has 0 aliphatic rings. The first-order chi connectivity index (χ1) is 10.7. The van der Waals surface area contributed by atoms with E-state index in [0.29, 0.717) is 12.1 Å². The lowest BCUT2D eigenvalue weighted by atomic mass is 9.99. The molecule has 0 aliphatic heterocycles. The van der Waals surface area contributed by atoms with Crippen LogP contribution in [0.4, 0.5) is 26.3 Å². The van der Waals surface area contributed by atoms with E-state index in [2.05, 4.69) is 4.74 Å². The summed E-state index contributed by atoms with van der Waals surface area (Å²) in [5.41, 5.74) is -3.38. The summed E-state index contributed by atoms with van der Waals surface area (Å²) in [6.45, 7) is 0. The van der Waals surface area contributed by atoms with E-state index < -0.39 is 63.3 Å². The smallest absolute Gasteiger partial charge is 0.341 e. The van der Waals surface area contributed by atoms with Gasteiger partial charge in [0, 0.05) is 11.6 Å². The summed E-state index contributed by atoms with van der Waals surface area (Å²) in [4.78, 5) is 11.4. The Labute approximate surface area is 124 Å². The number of hydrogen-bond donors (Lipinski definition) is 1. The van der Waals surface area contributed by atoms with Gasteiger partial charge in [0.15, 0.2) is 23.3 Å². The first-order valence-corrected chi connectivity index (χ1v) is 5.83. The van der Waals surface area contributed by atoms with E-state index in [-0.39, 0.29) is 0 Å². The number of carbonyl (C=O) groups excluding carboxylic acids is 1. The molecule has 0 unspecified atom stereocenters. The van der Waals surface area contributed by atoms with Gasteiger partial charge >= 0.3 is 5.97 Å². The summed E-state index contributed by atoms with van der Waals surface area (Å²) < 4.78 is 84.9. The SMILES string of the molecule is COC(=O)c1cc(-c2c(F)c(F)c(F)c(F)c2F)c(F)cc1O. The Bertz CT molecular complexity index is 790. The molecule has 2 rings (SSSR count). The second kappa shape index (κ2) is 5.82. The van der Waals surface area contributed by atoms with E-state index >= 15 is 0 Å². The van der Waals surface area contributed by atoms with E-state index in [1.165, 1.54) is 0 Å². The molecule has 0 atom stereocenters. The lowest BCUT2D eigenvalue weighted by molar-refractivity contribution is 0.0597. The summed E-state index contributed by atoms with van der Waals surface area (Å²) in [6.07, 6.45) is 0. The molecule has 0 saturated carbocycles. The first kappa shape index (κ1) is 16.7. The van der Waals surface area contributed by atoms with Crippen LogP contribution in [0.25, 0.3) is 11.1 Å². The molecule has 0 spiro atoms. The van der Waals surface area contributed by atoms with E-state index in [1.54, 1.807) is 0 Å². The molecule has 122 valence electrons. The molecule has 0 heterocycles. The lowest BCUT2D eigenvalue weighted by Crippen LogP contribution is -2.07. The van der Waals surface area contributed by atoms with Crippen molar-refractivity contribution in [1.29, 1.82) is 0 Å². The highest BCUT2D eigenvalue weighted by Crippen LogP contribution is 2.35. The molecular weight excluding hydrogens is 330 g/mol. The van der Waals surface area contributed by atoms with Crippen molar-refractivity contribution in [3.05, 3.63) is 52.6 Å². The number of esters is 1. The van der Waals surface area contributed by atoms with Crippen LogP contribution in [0.3, 0.4) is 0 Å². The minimum atomic E-state index is -2.41. The molecule has 0 saturated heterocycles. The van der Waals surface area contributed by atoms with Gasteiger partial charge in [0.2, 0.25) is 5.82 Å². The molecule has 0 bridgehead atoms. The monoisotopic (exact) mass is 336 g/mol. The van der Waals surface area contributed by atoms with Crippen molar-refractivity contribution in [2.75, 3.05) is 7.11 Å². The zero-order valence-electron chi connectivity index (χ0n) is 11.2. The van der Waals surface area contributed by atoms with Crippen molar-refractivity contribution in [3.8, 4) is 16.9 Å². The number of phenols is 1. The third kappa shape index (κ3) is 2.58. The standard InChI is InChI=1S/C14H6F6O3/c1-23-14(22)5-2-4(6(15)3-7(5)21)8-9(16)11(18)13(20)12(19)10(8)17/h2-3,21H,1H3. The average molecular weight is 336 g/mol. The summed E-state index contributed by atoms with van der Waals surface area (Å²) in [7, 11) is 0.906. The van der Waals surface area contributed by atoms with Crippen LogP contribution in [0, 0.1) is 34.9 Å². The zero-order valence-corrected chi connectivity index (χ0v) is 11.2. The maximum absolute atomic E-state index is 13.8. The number of hydrogen-bond acceptors (Lipinski definition) is 3. The highest BCUT2D eigenvalue weighted by Gasteiger charge is 2.29. The Hall–Kier alpha value is -2.71. The van der Waals surface area contributed by atoms with Crippen molar-refractivity contribution < 1.29 is 41.0 Å². The van der Waals surface area contributed by atoms with Gasteiger partial charge in [0.25, 0.3) is 0 Å². The largest absolute Gasteiger partial charge is 0.507 e. The highest BCUT2D eigenvalue weighted by molar-refractivity contribution is 5.94. The molecule has 9 heteroatoms. The van der Waals surface area contributed by atoms with Gasteiger partial charge in [-0.15, -0.1) is 0 Å². The van der Waals surface area contributed by atoms with Crippen LogP contribution in [0.2, 0.25) is 0 Å². The number of rotatable bonds is 2. The fourth-order valence-electron chi connectivity index (χ4n) is 1.87. The second-order valence-electron chi connectivity index (χ2n) is 4.29. The number of phenolic OH excluding ortho intramolecular Hbond substituents is 1. The molecule has 1 N–H and O–H groups in total. The number of benzene rings is 2. The van der Waals surface area contributed by atoms with Crippen molar-refractivity contribution in [2.24, 2.45) is 0 Å². The number of methoxy groups -OCH3 is 1.